The van der Waals surface area contributed by atoms with Crippen LogP contribution < -0.4 is 0 Å². The second kappa shape index (κ2) is 7.70. The van der Waals surface area contributed by atoms with Gasteiger partial charge in [0.05, 0.1) is 11.8 Å². The lowest BCUT2D eigenvalue weighted by Crippen LogP contribution is -2.45. The predicted octanol–water partition coefficient (Wildman–Crippen LogP) is 2.17. The van der Waals surface area contributed by atoms with Gasteiger partial charge in [-0.05, 0) is 38.5 Å². The number of alkyl halides is 2. The van der Waals surface area contributed by atoms with Crippen molar-refractivity contribution in [2.75, 3.05) is 6.61 Å². The Balaban J connectivity index is 1.40. The molecule has 0 N–H and O–H groups in total. The van der Waals surface area contributed by atoms with E-state index in [0.29, 0.717) is 19.8 Å². The normalized spacial score (nSPS) is 35.0. The Bertz CT molecular complexity index is 785. The molecule has 10 heteroatoms. The van der Waals surface area contributed by atoms with Crippen LogP contribution in [0.1, 0.15) is 52.4 Å². The van der Waals surface area contributed by atoms with E-state index in [1.165, 1.54) is 0 Å². The SMILES string of the molecule is CCC1(OC(=O)COC(=O)C2C3CC4C(OC(=O)C42)C3OC(=O)C(C)(F)F)CCCC1. The number of carbonyl (C=O) groups is 4. The van der Waals surface area contributed by atoms with Gasteiger partial charge in [0, 0.05) is 18.8 Å². The molecule has 2 bridgehead atoms. The number of halogens is 2. The molecular formula is C21H26F2O8. The van der Waals surface area contributed by atoms with Gasteiger partial charge >= 0.3 is 29.8 Å². The molecule has 31 heavy (non-hydrogen) atoms. The summed E-state index contributed by atoms with van der Waals surface area (Å²) in [5.41, 5.74) is -0.525. The monoisotopic (exact) mass is 444 g/mol. The highest BCUT2D eigenvalue weighted by atomic mass is 19.3. The van der Waals surface area contributed by atoms with Crippen LogP contribution in [-0.4, -0.2) is 54.2 Å². The molecule has 4 aliphatic rings. The Morgan fingerprint density at radius 1 is 1.19 bits per heavy atom. The summed E-state index contributed by atoms with van der Waals surface area (Å²) in [6, 6.07) is 0. The quantitative estimate of drug-likeness (QED) is 0.435. The molecule has 8 nitrogen and oxygen atoms in total. The zero-order valence-electron chi connectivity index (χ0n) is 17.4. The number of ether oxygens (including phenoxy) is 4. The zero-order chi connectivity index (χ0) is 22.6. The number of esters is 4. The van der Waals surface area contributed by atoms with E-state index in [2.05, 4.69) is 0 Å². The minimum atomic E-state index is -3.71. The zero-order valence-corrected chi connectivity index (χ0v) is 17.4. The van der Waals surface area contributed by atoms with E-state index >= 15 is 0 Å². The first-order valence-corrected chi connectivity index (χ1v) is 10.7. The standard InChI is InChI=1S/C21H26F2O8/c1-3-21(6-4-5-7-21)31-12(24)9-28-17(25)13-10-8-11-14(13)18(26)29-15(11)16(10)30-19(27)20(2,22)23/h10-11,13-16H,3-9H2,1-2H3. The van der Waals surface area contributed by atoms with Crippen molar-refractivity contribution in [1.29, 1.82) is 0 Å². The third-order valence-corrected chi connectivity index (χ3v) is 7.24. The van der Waals surface area contributed by atoms with Gasteiger partial charge in [-0.1, -0.05) is 6.92 Å². The van der Waals surface area contributed by atoms with Crippen molar-refractivity contribution in [3.8, 4) is 0 Å². The van der Waals surface area contributed by atoms with Crippen LogP contribution >= 0.6 is 0 Å². The van der Waals surface area contributed by atoms with Crippen LogP contribution in [0.4, 0.5) is 8.78 Å². The lowest BCUT2D eigenvalue weighted by Gasteiger charge is -2.31. The van der Waals surface area contributed by atoms with Gasteiger partial charge in [0.1, 0.15) is 17.8 Å². The Hall–Kier alpha value is -2.26. The van der Waals surface area contributed by atoms with Crippen molar-refractivity contribution >= 4 is 23.9 Å². The van der Waals surface area contributed by atoms with Crippen LogP contribution in [0.5, 0.6) is 0 Å². The van der Waals surface area contributed by atoms with Crippen molar-refractivity contribution in [1.82, 2.24) is 0 Å². The fourth-order valence-corrected chi connectivity index (χ4v) is 5.74. The van der Waals surface area contributed by atoms with Crippen LogP contribution in [0.15, 0.2) is 0 Å². The fraction of sp³-hybridized carbons (Fsp3) is 0.810. The molecule has 0 aromatic carbocycles. The summed E-state index contributed by atoms with van der Waals surface area (Å²) in [5, 5.41) is 0. The van der Waals surface area contributed by atoms with E-state index in [1.807, 2.05) is 6.92 Å². The molecule has 4 fully saturated rings. The van der Waals surface area contributed by atoms with Crippen molar-refractivity contribution in [2.24, 2.45) is 23.7 Å². The van der Waals surface area contributed by atoms with Gasteiger partial charge in [-0.3, -0.25) is 9.59 Å². The second-order valence-corrected chi connectivity index (χ2v) is 9.10. The van der Waals surface area contributed by atoms with Gasteiger partial charge in [-0.25, -0.2) is 9.59 Å². The first-order chi connectivity index (χ1) is 14.6. The third-order valence-electron chi connectivity index (χ3n) is 7.24. The van der Waals surface area contributed by atoms with Crippen LogP contribution in [0, 0.1) is 23.7 Å². The average Bonchev–Trinajstić information content (AvgIpc) is 3.43. The van der Waals surface area contributed by atoms with Crippen LogP contribution in [-0.2, 0) is 38.1 Å². The summed E-state index contributed by atoms with van der Waals surface area (Å²) >= 11 is 0. The van der Waals surface area contributed by atoms with Crippen molar-refractivity contribution in [2.45, 2.75) is 76.1 Å². The molecule has 0 spiro atoms. The molecule has 0 radical (unpaired) electrons. The summed E-state index contributed by atoms with van der Waals surface area (Å²) in [7, 11) is 0. The minimum Gasteiger partial charge on any atom is -0.458 e. The van der Waals surface area contributed by atoms with E-state index in [0.717, 1.165) is 25.7 Å². The maximum atomic E-state index is 13.3. The molecule has 1 saturated heterocycles. The molecular weight excluding hydrogens is 418 g/mol. The first kappa shape index (κ1) is 22.0. The largest absolute Gasteiger partial charge is 0.458 e. The molecule has 0 aromatic heterocycles. The lowest BCUT2D eigenvalue weighted by molar-refractivity contribution is -0.186. The van der Waals surface area contributed by atoms with Crippen molar-refractivity contribution < 1.29 is 46.9 Å². The van der Waals surface area contributed by atoms with E-state index in [4.69, 9.17) is 18.9 Å². The molecule has 6 unspecified atom stereocenters. The summed E-state index contributed by atoms with van der Waals surface area (Å²) in [6.45, 7) is 1.75. The predicted molar refractivity (Wildman–Crippen MR) is 97.5 cm³/mol. The fourth-order valence-electron chi connectivity index (χ4n) is 5.74. The molecule has 4 rings (SSSR count). The number of fused-ring (bicyclic) bond motifs is 1. The molecule has 0 amide bonds. The molecule has 3 aliphatic carbocycles. The van der Waals surface area contributed by atoms with Gasteiger partial charge in [0.25, 0.3) is 0 Å². The molecule has 3 saturated carbocycles. The van der Waals surface area contributed by atoms with E-state index in [-0.39, 0.29) is 0 Å². The smallest absolute Gasteiger partial charge is 0.377 e. The summed E-state index contributed by atoms with van der Waals surface area (Å²) in [4.78, 5) is 49.0. The highest BCUT2D eigenvalue weighted by Gasteiger charge is 2.70. The molecule has 172 valence electrons. The van der Waals surface area contributed by atoms with Crippen molar-refractivity contribution in [3.05, 3.63) is 0 Å². The van der Waals surface area contributed by atoms with Gasteiger partial charge in [-0.15, -0.1) is 0 Å². The third kappa shape index (κ3) is 3.78. The summed E-state index contributed by atoms with van der Waals surface area (Å²) < 4.78 is 47.5. The highest BCUT2D eigenvalue weighted by molar-refractivity contribution is 5.87. The first-order valence-electron chi connectivity index (χ1n) is 10.7. The van der Waals surface area contributed by atoms with Gasteiger partial charge < -0.3 is 18.9 Å². The Labute approximate surface area is 177 Å². The van der Waals surface area contributed by atoms with Gasteiger partial charge in [-0.2, -0.15) is 8.78 Å². The molecule has 6 atom stereocenters. The van der Waals surface area contributed by atoms with E-state index < -0.39 is 77.9 Å². The number of rotatable bonds is 7. The minimum absolute atomic E-state index is 0.317. The Morgan fingerprint density at radius 2 is 1.87 bits per heavy atom. The lowest BCUT2D eigenvalue weighted by atomic mass is 9.78. The maximum absolute atomic E-state index is 13.3. The van der Waals surface area contributed by atoms with Crippen molar-refractivity contribution in [3.63, 3.8) is 0 Å². The number of carbonyl (C=O) groups excluding carboxylic acids is 4. The topological polar surface area (TPSA) is 105 Å². The van der Waals surface area contributed by atoms with E-state index in [1.54, 1.807) is 0 Å². The molecule has 0 aromatic rings. The van der Waals surface area contributed by atoms with E-state index in [9.17, 15) is 28.0 Å². The van der Waals surface area contributed by atoms with Crippen LogP contribution in [0.25, 0.3) is 0 Å². The summed E-state index contributed by atoms with van der Waals surface area (Å²) in [5.74, 6) is -10.5. The Kier molecular flexibility index (Phi) is 5.46. The van der Waals surface area contributed by atoms with Crippen LogP contribution in [0.2, 0.25) is 0 Å². The molecule has 1 aliphatic heterocycles. The summed E-state index contributed by atoms with van der Waals surface area (Å²) in [6.07, 6.45) is 2.47. The maximum Gasteiger partial charge on any atom is 0.377 e. The molecule has 1 heterocycles. The second-order valence-electron chi connectivity index (χ2n) is 9.10. The van der Waals surface area contributed by atoms with Gasteiger partial charge in [0.2, 0.25) is 0 Å². The number of hydrogen-bond acceptors (Lipinski definition) is 8. The number of hydrogen-bond donors (Lipinski definition) is 0. The van der Waals surface area contributed by atoms with Gasteiger partial charge in [0.15, 0.2) is 6.61 Å². The Morgan fingerprint density at radius 3 is 2.48 bits per heavy atom. The highest BCUT2D eigenvalue weighted by Crippen LogP contribution is 2.59. The van der Waals surface area contributed by atoms with Crippen LogP contribution in [0.3, 0.4) is 0 Å². The average molecular weight is 444 g/mol.